The van der Waals surface area contributed by atoms with Crippen molar-refractivity contribution in [2.45, 2.75) is 0 Å². The summed E-state index contributed by atoms with van der Waals surface area (Å²) in [5.41, 5.74) is 1.83. The van der Waals surface area contributed by atoms with Gasteiger partial charge in [0.05, 0.1) is 7.11 Å². The molecule has 0 bridgehead atoms. The maximum atomic E-state index is 12.0. The maximum absolute atomic E-state index is 12.0. The van der Waals surface area contributed by atoms with Gasteiger partial charge < -0.3 is 9.47 Å². The Labute approximate surface area is 141 Å². The third kappa shape index (κ3) is 3.04. The molecule has 0 spiro atoms. The molecule has 2 aromatic carbocycles. The summed E-state index contributed by atoms with van der Waals surface area (Å²) in [5.74, 6) is 0.546. The number of carbonyl (C=O) groups excluding carboxylic acids is 1. The quantitative estimate of drug-likeness (QED) is 0.445. The second-order valence-electron chi connectivity index (χ2n) is 4.59. The van der Waals surface area contributed by atoms with E-state index in [4.69, 9.17) is 9.47 Å². The van der Waals surface area contributed by atoms with Crippen LogP contribution in [-0.2, 0) is 9.53 Å². The van der Waals surface area contributed by atoms with Gasteiger partial charge in [0.2, 0.25) is 5.90 Å². The van der Waals surface area contributed by atoms with Crippen LogP contribution in [0.1, 0.15) is 11.1 Å². The van der Waals surface area contributed by atoms with Crippen molar-refractivity contribution in [3.8, 4) is 5.75 Å². The van der Waals surface area contributed by atoms with E-state index in [0.717, 1.165) is 14.7 Å². The van der Waals surface area contributed by atoms with Crippen LogP contribution in [0.25, 0.3) is 6.08 Å². The van der Waals surface area contributed by atoms with Crippen molar-refractivity contribution in [3.05, 3.63) is 68.9 Å². The fraction of sp³-hybridized carbons (Fsp3) is 0.0588. The summed E-state index contributed by atoms with van der Waals surface area (Å²) in [6.45, 7) is 0. The zero-order chi connectivity index (χ0) is 15.5. The Morgan fingerprint density at radius 2 is 2.00 bits per heavy atom. The molecule has 0 saturated carbocycles. The van der Waals surface area contributed by atoms with Gasteiger partial charge in [-0.3, -0.25) is 0 Å². The number of halogens is 1. The van der Waals surface area contributed by atoms with Crippen molar-refractivity contribution in [3.63, 3.8) is 0 Å². The van der Waals surface area contributed by atoms with Gasteiger partial charge in [-0.25, -0.2) is 9.79 Å². The van der Waals surface area contributed by atoms with E-state index in [1.807, 2.05) is 48.5 Å². The first-order chi connectivity index (χ1) is 10.7. The monoisotopic (exact) mass is 405 g/mol. The number of para-hydroxylation sites is 1. The fourth-order valence-corrected chi connectivity index (χ4v) is 2.63. The van der Waals surface area contributed by atoms with Gasteiger partial charge in [0.1, 0.15) is 5.75 Å². The van der Waals surface area contributed by atoms with Crippen LogP contribution in [0.2, 0.25) is 0 Å². The molecule has 0 radical (unpaired) electrons. The molecule has 0 unspecified atom stereocenters. The Kier molecular flexibility index (Phi) is 4.24. The molecule has 0 fully saturated rings. The lowest BCUT2D eigenvalue weighted by Crippen LogP contribution is -2.05. The standard InChI is InChI=1S/C17H12INO3/c1-21-15-8-3-2-5-11(15)10-14-17(20)22-16(19-14)12-6-4-7-13(18)9-12/h2-10H,1H3. The van der Waals surface area contributed by atoms with E-state index in [-0.39, 0.29) is 5.70 Å². The number of aliphatic imine (C=N–C) groups is 1. The molecule has 3 rings (SSSR count). The van der Waals surface area contributed by atoms with Gasteiger partial charge in [-0.15, -0.1) is 0 Å². The van der Waals surface area contributed by atoms with Crippen molar-refractivity contribution in [2.75, 3.05) is 7.11 Å². The number of nitrogens with zero attached hydrogens (tertiary/aromatic N) is 1. The highest BCUT2D eigenvalue weighted by Crippen LogP contribution is 2.24. The van der Waals surface area contributed by atoms with Crippen LogP contribution in [-0.4, -0.2) is 19.0 Å². The highest BCUT2D eigenvalue weighted by molar-refractivity contribution is 14.1. The molecule has 5 heteroatoms. The average Bonchev–Trinajstić information content (AvgIpc) is 2.89. The molecular weight excluding hydrogens is 393 g/mol. The Morgan fingerprint density at radius 3 is 2.77 bits per heavy atom. The molecule has 2 aromatic rings. The molecule has 0 aromatic heterocycles. The molecule has 0 amide bonds. The predicted molar refractivity (Wildman–Crippen MR) is 92.8 cm³/mol. The van der Waals surface area contributed by atoms with Gasteiger partial charge >= 0.3 is 5.97 Å². The van der Waals surface area contributed by atoms with E-state index in [2.05, 4.69) is 27.6 Å². The van der Waals surface area contributed by atoms with Crippen LogP contribution >= 0.6 is 22.6 Å². The maximum Gasteiger partial charge on any atom is 0.363 e. The molecule has 1 aliphatic rings. The first-order valence-corrected chi connectivity index (χ1v) is 7.67. The number of hydrogen-bond acceptors (Lipinski definition) is 4. The summed E-state index contributed by atoms with van der Waals surface area (Å²) in [6.07, 6.45) is 1.67. The third-order valence-corrected chi connectivity index (χ3v) is 3.79. The summed E-state index contributed by atoms with van der Waals surface area (Å²) >= 11 is 2.20. The molecule has 0 atom stereocenters. The zero-order valence-corrected chi connectivity index (χ0v) is 13.9. The van der Waals surface area contributed by atoms with E-state index >= 15 is 0 Å². The Bertz CT molecular complexity index is 796. The van der Waals surface area contributed by atoms with Crippen molar-refractivity contribution >= 4 is 40.5 Å². The molecule has 0 saturated heterocycles. The van der Waals surface area contributed by atoms with Gasteiger partial charge in [0, 0.05) is 14.7 Å². The van der Waals surface area contributed by atoms with E-state index in [0.29, 0.717) is 11.6 Å². The normalized spacial score (nSPS) is 15.6. The largest absolute Gasteiger partial charge is 0.496 e. The van der Waals surface area contributed by atoms with Gasteiger partial charge in [0.15, 0.2) is 5.70 Å². The second kappa shape index (κ2) is 6.31. The molecule has 22 heavy (non-hydrogen) atoms. The number of benzene rings is 2. The average molecular weight is 405 g/mol. The SMILES string of the molecule is COc1ccccc1C=C1N=C(c2cccc(I)c2)OC1=O. The number of ether oxygens (including phenoxy) is 2. The van der Waals surface area contributed by atoms with Gasteiger partial charge in [-0.05, 0) is 52.9 Å². The minimum atomic E-state index is -0.459. The topological polar surface area (TPSA) is 47.9 Å². The Balaban J connectivity index is 1.98. The van der Waals surface area contributed by atoms with Gasteiger partial charge in [-0.1, -0.05) is 24.3 Å². The Hall–Kier alpha value is -2.15. The van der Waals surface area contributed by atoms with Crippen LogP contribution in [0, 0.1) is 3.57 Å². The third-order valence-electron chi connectivity index (χ3n) is 3.12. The van der Waals surface area contributed by atoms with Crippen molar-refractivity contribution in [1.29, 1.82) is 0 Å². The fourth-order valence-electron chi connectivity index (χ4n) is 2.09. The van der Waals surface area contributed by atoms with Crippen LogP contribution < -0.4 is 4.74 Å². The molecule has 0 N–H and O–H groups in total. The van der Waals surface area contributed by atoms with Crippen LogP contribution in [0.4, 0.5) is 0 Å². The van der Waals surface area contributed by atoms with E-state index in [1.54, 1.807) is 13.2 Å². The Morgan fingerprint density at radius 1 is 1.18 bits per heavy atom. The highest BCUT2D eigenvalue weighted by atomic mass is 127. The van der Waals surface area contributed by atoms with E-state index in [9.17, 15) is 4.79 Å². The van der Waals surface area contributed by atoms with Gasteiger partial charge in [0.25, 0.3) is 0 Å². The lowest BCUT2D eigenvalue weighted by atomic mass is 10.1. The van der Waals surface area contributed by atoms with E-state index < -0.39 is 5.97 Å². The molecular formula is C17H12INO3. The van der Waals surface area contributed by atoms with Crippen LogP contribution in [0.15, 0.2) is 59.2 Å². The number of methoxy groups -OCH3 is 1. The number of esters is 1. The first-order valence-electron chi connectivity index (χ1n) is 6.59. The molecule has 0 aliphatic carbocycles. The lowest BCUT2D eigenvalue weighted by Gasteiger charge is -2.03. The minimum Gasteiger partial charge on any atom is -0.496 e. The van der Waals surface area contributed by atoms with Crippen molar-refractivity contribution in [1.82, 2.24) is 0 Å². The number of hydrogen-bond donors (Lipinski definition) is 0. The summed E-state index contributed by atoms with van der Waals surface area (Å²) in [6, 6.07) is 15.1. The van der Waals surface area contributed by atoms with Crippen molar-refractivity contribution < 1.29 is 14.3 Å². The number of rotatable bonds is 3. The van der Waals surface area contributed by atoms with Crippen LogP contribution in [0.3, 0.4) is 0 Å². The molecule has 4 nitrogen and oxygen atoms in total. The smallest absolute Gasteiger partial charge is 0.363 e. The first kappa shape index (κ1) is 14.8. The van der Waals surface area contributed by atoms with Gasteiger partial charge in [-0.2, -0.15) is 0 Å². The predicted octanol–water partition coefficient (Wildman–Crippen LogP) is 3.64. The second-order valence-corrected chi connectivity index (χ2v) is 5.83. The summed E-state index contributed by atoms with van der Waals surface area (Å²) in [7, 11) is 1.59. The summed E-state index contributed by atoms with van der Waals surface area (Å²) < 4.78 is 11.6. The minimum absolute atomic E-state index is 0.262. The molecule has 1 aliphatic heterocycles. The number of cyclic esters (lactones) is 1. The van der Waals surface area contributed by atoms with Crippen LogP contribution in [0.5, 0.6) is 5.75 Å². The van der Waals surface area contributed by atoms with Crippen molar-refractivity contribution in [2.24, 2.45) is 4.99 Å². The highest BCUT2D eigenvalue weighted by Gasteiger charge is 2.24. The van der Waals surface area contributed by atoms with E-state index in [1.165, 1.54) is 0 Å². The summed E-state index contributed by atoms with van der Waals surface area (Å²) in [4.78, 5) is 16.3. The number of carbonyl (C=O) groups is 1. The zero-order valence-electron chi connectivity index (χ0n) is 11.7. The lowest BCUT2D eigenvalue weighted by molar-refractivity contribution is -0.129. The molecule has 110 valence electrons. The summed E-state index contributed by atoms with van der Waals surface area (Å²) in [5, 5.41) is 0. The molecule has 1 heterocycles.